The molecule has 1 aromatic rings. The molecule has 0 bridgehead atoms. The van der Waals surface area contributed by atoms with E-state index in [1.54, 1.807) is 19.2 Å². The topological polar surface area (TPSA) is 81.5 Å². The summed E-state index contributed by atoms with van der Waals surface area (Å²) in [5, 5.41) is 14.3. The quantitative estimate of drug-likeness (QED) is 0.508. The van der Waals surface area contributed by atoms with Crippen molar-refractivity contribution in [2.45, 2.75) is 32.4 Å². The minimum Gasteiger partial charge on any atom is -0.381 e. The van der Waals surface area contributed by atoms with Gasteiger partial charge < -0.3 is 10.1 Å². The van der Waals surface area contributed by atoms with E-state index in [1.807, 2.05) is 0 Å². The molecule has 1 aromatic carbocycles. The number of aldehydes is 1. The van der Waals surface area contributed by atoms with Crippen LogP contribution >= 0.6 is 0 Å². The molecule has 0 radical (unpaired) electrons. The molecule has 0 heterocycles. The minimum atomic E-state index is -0.477. The number of nitrogens with one attached hydrogen (secondary N) is 1. The lowest BCUT2D eigenvalue weighted by molar-refractivity contribution is -0.384. The molecule has 1 saturated carbocycles. The lowest BCUT2D eigenvalue weighted by Gasteiger charge is -2.51. The van der Waals surface area contributed by atoms with Crippen molar-refractivity contribution in [2.75, 3.05) is 12.4 Å². The standard InChI is InChI=1S/C14H18N2O4/c1-14(2)12(7-13(14)20-3)15-10-5-4-9(8-17)6-11(10)16(18)19/h4-6,8,12-13,15H,7H2,1-3H3. The Kier molecular flexibility index (Phi) is 3.76. The zero-order chi connectivity index (χ0) is 14.9. The number of nitrogens with zero attached hydrogens (tertiary/aromatic N) is 1. The smallest absolute Gasteiger partial charge is 0.293 e. The van der Waals surface area contributed by atoms with E-state index >= 15 is 0 Å². The lowest BCUT2D eigenvalue weighted by atomic mass is 9.64. The van der Waals surface area contributed by atoms with Crippen LogP contribution in [0.4, 0.5) is 11.4 Å². The maximum absolute atomic E-state index is 11.1. The average Bonchev–Trinajstić information content (AvgIpc) is 2.42. The normalized spacial score (nSPS) is 23.8. The van der Waals surface area contributed by atoms with Gasteiger partial charge in [0.15, 0.2) is 0 Å². The van der Waals surface area contributed by atoms with E-state index in [0.717, 1.165) is 6.42 Å². The first kappa shape index (κ1) is 14.5. The van der Waals surface area contributed by atoms with Gasteiger partial charge in [-0.15, -0.1) is 0 Å². The monoisotopic (exact) mass is 278 g/mol. The number of hydrogen-bond acceptors (Lipinski definition) is 5. The molecular formula is C14H18N2O4. The van der Waals surface area contributed by atoms with Crippen LogP contribution in [0.2, 0.25) is 0 Å². The van der Waals surface area contributed by atoms with Gasteiger partial charge in [-0.25, -0.2) is 0 Å². The van der Waals surface area contributed by atoms with Gasteiger partial charge >= 0.3 is 0 Å². The van der Waals surface area contributed by atoms with Crippen molar-refractivity contribution in [2.24, 2.45) is 5.41 Å². The van der Waals surface area contributed by atoms with Gasteiger partial charge in [0.25, 0.3) is 5.69 Å². The van der Waals surface area contributed by atoms with Crippen molar-refractivity contribution in [1.82, 2.24) is 0 Å². The third-order valence-corrected chi connectivity index (χ3v) is 4.15. The predicted molar refractivity (Wildman–Crippen MR) is 75.1 cm³/mol. The van der Waals surface area contributed by atoms with Crippen LogP contribution in [0, 0.1) is 15.5 Å². The van der Waals surface area contributed by atoms with Crippen LogP contribution < -0.4 is 5.32 Å². The van der Waals surface area contributed by atoms with Crippen LogP contribution in [-0.4, -0.2) is 30.5 Å². The molecule has 2 unspecified atom stereocenters. The van der Waals surface area contributed by atoms with Crippen molar-refractivity contribution < 1.29 is 14.5 Å². The van der Waals surface area contributed by atoms with Crippen LogP contribution in [0.25, 0.3) is 0 Å². The third-order valence-electron chi connectivity index (χ3n) is 4.15. The molecular weight excluding hydrogens is 260 g/mol. The highest BCUT2D eigenvalue weighted by molar-refractivity contribution is 5.79. The minimum absolute atomic E-state index is 0.0775. The molecule has 2 atom stereocenters. The fourth-order valence-electron chi connectivity index (χ4n) is 2.61. The van der Waals surface area contributed by atoms with Gasteiger partial charge in [-0.3, -0.25) is 14.9 Å². The molecule has 108 valence electrons. The summed E-state index contributed by atoms with van der Waals surface area (Å²) < 4.78 is 5.36. The van der Waals surface area contributed by atoms with E-state index in [4.69, 9.17) is 4.74 Å². The number of anilines is 1. The highest BCUT2D eigenvalue weighted by Gasteiger charge is 2.49. The van der Waals surface area contributed by atoms with Crippen molar-refractivity contribution in [3.8, 4) is 0 Å². The molecule has 1 N–H and O–H groups in total. The zero-order valence-electron chi connectivity index (χ0n) is 11.8. The molecule has 6 nitrogen and oxygen atoms in total. The fourth-order valence-corrected chi connectivity index (χ4v) is 2.61. The summed E-state index contributed by atoms with van der Waals surface area (Å²) >= 11 is 0. The first-order chi connectivity index (χ1) is 9.40. The Morgan fingerprint density at radius 2 is 2.20 bits per heavy atom. The molecule has 0 saturated heterocycles. The third kappa shape index (κ3) is 2.38. The summed E-state index contributed by atoms with van der Waals surface area (Å²) in [5.74, 6) is 0. The summed E-state index contributed by atoms with van der Waals surface area (Å²) in [6, 6.07) is 4.54. The molecule has 0 aromatic heterocycles. The molecule has 1 fully saturated rings. The number of nitro groups is 1. The van der Waals surface area contributed by atoms with Crippen LogP contribution in [-0.2, 0) is 4.74 Å². The molecule has 0 aliphatic heterocycles. The Labute approximate surface area is 117 Å². The largest absolute Gasteiger partial charge is 0.381 e. The fraction of sp³-hybridized carbons (Fsp3) is 0.500. The Hall–Kier alpha value is -1.95. The Balaban J connectivity index is 2.22. The highest BCUT2D eigenvalue weighted by atomic mass is 16.6. The van der Waals surface area contributed by atoms with Crippen molar-refractivity contribution >= 4 is 17.7 Å². The van der Waals surface area contributed by atoms with Gasteiger partial charge in [0.2, 0.25) is 0 Å². The Bertz CT molecular complexity index is 542. The number of carbonyl (C=O) groups is 1. The molecule has 6 heteroatoms. The van der Waals surface area contributed by atoms with Gasteiger partial charge in [-0.05, 0) is 18.6 Å². The van der Waals surface area contributed by atoms with E-state index in [1.165, 1.54) is 6.07 Å². The molecule has 1 aliphatic carbocycles. The Morgan fingerprint density at radius 3 is 2.70 bits per heavy atom. The van der Waals surface area contributed by atoms with E-state index in [9.17, 15) is 14.9 Å². The molecule has 0 amide bonds. The average molecular weight is 278 g/mol. The highest BCUT2D eigenvalue weighted by Crippen LogP contribution is 2.44. The molecule has 2 rings (SSSR count). The van der Waals surface area contributed by atoms with Crippen LogP contribution in [0.3, 0.4) is 0 Å². The second kappa shape index (κ2) is 5.20. The van der Waals surface area contributed by atoms with Crippen LogP contribution in [0.1, 0.15) is 30.6 Å². The summed E-state index contributed by atoms with van der Waals surface area (Å²) in [5.41, 5.74) is 0.566. The van der Waals surface area contributed by atoms with Crippen molar-refractivity contribution in [3.05, 3.63) is 33.9 Å². The van der Waals surface area contributed by atoms with E-state index in [0.29, 0.717) is 17.5 Å². The summed E-state index contributed by atoms with van der Waals surface area (Å²) in [6.45, 7) is 4.13. The van der Waals surface area contributed by atoms with Gasteiger partial charge in [-0.1, -0.05) is 13.8 Å². The molecule has 0 spiro atoms. The number of carbonyl (C=O) groups excluding carboxylic acids is 1. The summed E-state index contributed by atoms with van der Waals surface area (Å²) in [6.07, 6.45) is 1.55. The van der Waals surface area contributed by atoms with Crippen LogP contribution in [0.15, 0.2) is 18.2 Å². The van der Waals surface area contributed by atoms with Gasteiger partial charge in [0, 0.05) is 30.2 Å². The number of benzene rings is 1. The lowest BCUT2D eigenvalue weighted by Crippen LogP contribution is -2.57. The maximum atomic E-state index is 11.1. The first-order valence-corrected chi connectivity index (χ1v) is 6.43. The summed E-state index contributed by atoms with van der Waals surface area (Å²) in [7, 11) is 1.67. The Morgan fingerprint density at radius 1 is 1.50 bits per heavy atom. The number of methoxy groups -OCH3 is 1. The van der Waals surface area contributed by atoms with E-state index < -0.39 is 4.92 Å². The van der Waals surface area contributed by atoms with Crippen molar-refractivity contribution in [3.63, 3.8) is 0 Å². The number of rotatable bonds is 5. The van der Waals surface area contributed by atoms with Gasteiger partial charge in [0.1, 0.15) is 12.0 Å². The SMILES string of the molecule is COC1CC(Nc2ccc(C=O)cc2[N+](=O)[O-])C1(C)C. The number of hydrogen-bond donors (Lipinski definition) is 1. The number of nitro benzene ring substituents is 1. The van der Waals surface area contributed by atoms with Gasteiger partial charge in [-0.2, -0.15) is 0 Å². The summed E-state index contributed by atoms with van der Waals surface area (Å²) in [4.78, 5) is 21.3. The molecule has 20 heavy (non-hydrogen) atoms. The van der Waals surface area contributed by atoms with Crippen molar-refractivity contribution in [1.29, 1.82) is 0 Å². The molecule has 1 aliphatic rings. The number of ether oxygens (including phenoxy) is 1. The van der Waals surface area contributed by atoms with E-state index in [2.05, 4.69) is 19.2 Å². The van der Waals surface area contributed by atoms with Gasteiger partial charge in [0.05, 0.1) is 11.0 Å². The van der Waals surface area contributed by atoms with E-state index in [-0.39, 0.29) is 23.2 Å². The second-order valence-electron chi connectivity index (χ2n) is 5.63. The maximum Gasteiger partial charge on any atom is 0.293 e. The zero-order valence-corrected chi connectivity index (χ0v) is 11.8. The first-order valence-electron chi connectivity index (χ1n) is 6.43. The van der Waals surface area contributed by atoms with Crippen LogP contribution in [0.5, 0.6) is 0 Å². The predicted octanol–water partition coefficient (Wildman–Crippen LogP) is 2.63. The second-order valence-corrected chi connectivity index (χ2v) is 5.63.